The standard InChI is InChI=1S/C19H18O3S3/c1-21-15-10-13(19-23-8-9-24-19)6-7-14(15)22-18(20)17-11-12-4-2-3-5-16(12)25-17/h2-7,10,17,19H,8-9,11H2,1H3. The minimum atomic E-state index is -0.211. The lowest BCUT2D eigenvalue weighted by Crippen LogP contribution is -2.22. The summed E-state index contributed by atoms with van der Waals surface area (Å²) < 4.78 is 11.6. The van der Waals surface area contributed by atoms with Gasteiger partial charge in [0.15, 0.2) is 11.5 Å². The molecule has 1 unspecified atom stereocenters. The van der Waals surface area contributed by atoms with Gasteiger partial charge in [-0.15, -0.1) is 35.3 Å². The van der Waals surface area contributed by atoms with Crippen LogP contribution in [0.2, 0.25) is 0 Å². The number of methoxy groups -OCH3 is 1. The molecule has 4 rings (SSSR count). The normalized spacial score (nSPS) is 19.6. The van der Waals surface area contributed by atoms with E-state index < -0.39 is 0 Å². The average molecular weight is 391 g/mol. The molecule has 1 fully saturated rings. The molecule has 2 aromatic carbocycles. The van der Waals surface area contributed by atoms with Crippen molar-refractivity contribution >= 4 is 41.3 Å². The maximum atomic E-state index is 12.6. The molecule has 0 aliphatic carbocycles. The van der Waals surface area contributed by atoms with E-state index in [1.54, 1.807) is 18.9 Å². The van der Waals surface area contributed by atoms with Gasteiger partial charge in [-0.2, -0.15) is 0 Å². The molecule has 25 heavy (non-hydrogen) atoms. The highest BCUT2D eigenvalue weighted by molar-refractivity contribution is 8.19. The molecule has 130 valence electrons. The fraction of sp³-hybridized carbons (Fsp3) is 0.316. The highest BCUT2D eigenvalue weighted by Crippen LogP contribution is 2.47. The zero-order valence-corrected chi connectivity index (χ0v) is 16.2. The lowest BCUT2D eigenvalue weighted by atomic mass is 10.1. The molecular weight excluding hydrogens is 372 g/mol. The number of rotatable bonds is 4. The van der Waals surface area contributed by atoms with Gasteiger partial charge >= 0.3 is 5.97 Å². The van der Waals surface area contributed by atoms with Crippen LogP contribution < -0.4 is 9.47 Å². The van der Waals surface area contributed by atoms with Crippen molar-refractivity contribution in [1.29, 1.82) is 0 Å². The number of carbonyl (C=O) groups excluding carboxylic acids is 1. The summed E-state index contributed by atoms with van der Waals surface area (Å²) in [7, 11) is 1.62. The van der Waals surface area contributed by atoms with E-state index in [9.17, 15) is 4.79 Å². The van der Waals surface area contributed by atoms with Crippen molar-refractivity contribution in [3.8, 4) is 11.5 Å². The van der Waals surface area contributed by atoms with Crippen molar-refractivity contribution in [2.75, 3.05) is 18.6 Å². The highest BCUT2D eigenvalue weighted by Gasteiger charge is 2.30. The lowest BCUT2D eigenvalue weighted by molar-refractivity contribution is -0.133. The van der Waals surface area contributed by atoms with Gasteiger partial charge in [0, 0.05) is 16.4 Å². The quantitative estimate of drug-likeness (QED) is 0.551. The van der Waals surface area contributed by atoms with Crippen LogP contribution in [-0.4, -0.2) is 29.8 Å². The van der Waals surface area contributed by atoms with Crippen LogP contribution in [-0.2, 0) is 11.2 Å². The number of ether oxygens (including phenoxy) is 2. The van der Waals surface area contributed by atoms with E-state index in [2.05, 4.69) is 12.1 Å². The molecular formula is C19H18O3S3. The Morgan fingerprint density at radius 1 is 1.08 bits per heavy atom. The van der Waals surface area contributed by atoms with Crippen LogP contribution in [0.25, 0.3) is 0 Å². The van der Waals surface area contributed by atoms with Gasteiger partial charge in [-0.25, -0.2) is 0 Å². The van der Waals surface area contributed by atoms with Crippen molar-refractivity contribution < 1.29 is 14.3 Å². The molecule has 0 N–H and O–H groups in total. The van der Waals surface area contributed by atoms with Crippen molar-refractivity contribution in [3.05, 3.63) is 53.6 Å². The minimum Gasteiger partial charge on any atom is -0.493 e. The Bertz CT molecular complexity index is 762. The third-order valence-electron chi connectivity index (χ3n) is 4.20. The van der Waals surface area contributed by atoms with Crippen LogP contribution in [0, 0.1) is 0 Å². The number of hydrogen-bond donors (Lipinski definition) is 0. The van der Waals surface area contributed by atoms with Crippen molar-refractivity contribution in [3.63, 3.8) is 0 Å². The van der Waals surface area contributed by atoms with Gasteiger partial charge in [-0.1, -0.05) is 24.3 Å². The summed E-state index contributed by atoms with van der Waals surface area (Å²) in [6, 6.07) is 14.0. The fourth-order valence-electron chi connectivity index (χ4n) is 2.95. The van der Waals surface area contributed by atoms with Crippen molar-refractivity contribution in [1.82, 2.24) is 0 Å². The van der Waals surface area contributed by atoms with E-state index in [4.69, 9.17) is 9.47 Å². The molecule has 2 aliphatic heterocycles. The first-order chi connectivity index (χ1) is 12.2. The lowest BCUT2D eigenvalue weighted by Gasteiger charge is -2.15. The maximum Gasteiger partial charge on any atom is 0.325 e. The first-order valence-electron chi connectivity index (χ1n) is 8.12. The molecule has 0 aromatic heterocycles. The summed E-state index contributed by atoms with van der Waals surface area (Å²) >= 11 is 5.47. The molecule has 2 aromatic rings. The summed E-state index contributed by atoms with van der Waals surface area (Å²) in [6.45, 7) is 0. The summed E-state index contributed by atoms with van der Waals surface area (Å²) in [5.74, 6) is 3.26. The Morgan fingerprint density at radius 3 is 2.64 bits per heavy atom. The van der Waals surface area contributed by atoms with Crippen molar-refractivity contribution in [2.45, 2.75) is 21.1 Å². The average Bonchev–Trinajstić information content (AvgIpc) is 3.31. The molecule has 0 radical (unpaired) electrons. The number of thioether (sulfide) groups is 3. The molecule has 3 nitrogen and oxygen atoms in total. The number of carbonyl (C=O) groups is 1. The number of hydrogen-bond acceptors (Lipinski definition) is 6. The second-order valence-electron chi connectivity index (χ2n) is 5.82. The van der Waals surface area contributed by atoms with E-state index in [1.807, 2.05) is 53.9 Å². The number of esters is 1. The monoisotopic (exact) mass is 390 g/mol. The smallest absolute Gasteiger partial charge is 0.325 e. The van der Waals surface area contributed by atoms with Crippen molar-refractivity contribution in [2.24, 2.45) is 0 Å². The molecule has 0 amide bonds. The Hall–Kier alpha value is -1.24. The molecule has 0 spiro atoms. The van der Waals surface area contributed by atoms with E-state index >= 15 is 0 Å². The predicted octanol–water partition coefficient (Wildman–Crippen LogP) is 4.80. The molecule has 0 bridgehead atoms. The van der Waals surface area contributed by atoms with Gasteiger partial charge in [0.25, 0.3) is 0 Å². The summed E-state index contributed by atoms with van der Waals surface area (Å²) in [6.07, 6.45) is 0.718. The largest absolute Gasteiger partial charge is 0.493 e. The molecule has 2 heterocycles. The highest BCUT2D eigenvalue weighted by atomic mass is 32.2. The Morgan fingerprint density at radius 2 is 1.88 bits per heavy atom. The van der Waals surface area contributed by atoms with E-state index in [0.29, 0.717) is 16.1 Å². The fourth-order valence-corrected chi connectivity index (χ4v) is 6.97. The van der Waals surface area contributed by atoms with E-state index in [-0.39, 0.29) is 11.2 Å². The third-order valence-corrected chi connectivity index (χ3v) is 8.60. The maximum absolute atomic E-state index is 12.6. The van der Waals surface area contributed by atoms with Gasteiger partial charge in [-0.3, -0.25) is 4.79 Å². The van der Waals surface area contributed by atoms with Gasteiger partial charge in [0.2, 0.25) is 0 Å². The van der Waals surface area contributed by atoms with E-state index in [0.717, 1.165) is 6.42 Å². The van der Waals surface area contributed by atoms with Gasteiger partial charge < -0.3 is 9.47 Å². The topological polar surface area (TPSA) is 35.5 Å². The number of fused-ring (bicyclic) bond motifs is 1. The molecule has 6 heteroatoms. The first kappa shape index (κ1) is 17.2. The molecule has 0 saturated carbocycles. The van der Waals surface area contributed by atoms with Crippen LogP contribution in [0.15, 0.2) is 47.4 Å². The second kappa shape index (κ2) is 7.56. The SMILES string of the molecule is COc1cc(C2SCCS2)ccc1OC(=O)C1Cc2ccccc2S1. The van der Waals surface area contributed by atoms with E-state index in [1.165, 1.54) is 27.5 Å². The second-order valence-corrected chi connectivity index (χ2v) is 9.79. The van der Waals surface area contributed by atoms with Crippen LogP contribution in [0.1, 0.15) is 15.7 Å². The van der Waals surface area contributed by atoms with Crippen LogP contribution >= 0.6 is 35.3 Å². The third kappa shape index (κ3) is 3.66. The zero-order valence-electron chi connectivity index (χ0n) is 13.8. The molecule has 1 saturated heterocycles. The zero-order chi connectivity index (χ0) is 17.2. The Kier molecular flexibility index (Phi) is 5.20. The Labute approximate surface area is 160 Å². The number of benzene rings is 2. The van der Waals surface area contributed by atoms with Gasteiger partial charge in [0.05, 0.1) is 11.7 Å². The molecule has 1 atom stereocenters. The van der Waals surface area contributed by atoms with Crippen LogP contribution in [0.5, 0.6) is 11.5 Å². The first-order valence-corrected chi connectivity index (χ1v) is 11.1. The Balaban J connectivity index is 1.48. The summed E-state index contributed by atoms with van der Waals surface area (Å²) in [5, 5.41) is -0.192. The summed E-state index contributed by atoms with van der Waals surface area (Å²) in [5.41, 5.74) is 2.43. The van der Waals surface area contributed by atoms with Gasteiger partial charge in [0.1, 0.15) is 5.25 Å². The predicted molar refractivity (Wildman–Crippen MR) is 106 cm³/mol. The van der Waals surface area contributed by atoms with Crippen LogP contribution in [0.3, 0.4) is 0 Å². The molecule has 2 aliphatic rings. The summed E-state index contributed by atoms with van der Waals surface area (Å²) in [4.78, 5) is 13.8. The van der Waals surface area contributed by atoms with Crippen LogP contribution in [0.4, 0.5) is 0 Å². The minimum absolute atomic E-state index is 0.192. The van der Waals surface area contributed by atoms with Gasteiger partial charge in [-0.05, 0) is 35.7 Å².